The summed E-state index contributed by atoms with van der Waals surface area (Å²) < 4.78 is 5.91. The van der Waals surface area contributed by atoms with Crippen molar-refractivity contribution < 1.29 is 9.53 Å². The molecule has 0 aromatic heterocycles. The Morgan fingerprint density at radius 3 is 2.92 bits per heavy atom. The van der Waals surface area contributed by atoms with Crippen LogP contribution < -0.4 is 15.4 Å². The molecule has 1 heterocycles. The Hall–Kier alpha value is -2.04. The maximum Gasteiger partial charge on any atom is 0.237 e. The molecular weight excluding hydrogens is 324 g/mol. The molecule has 1 amide bonds. The Morgan fingerprint density at radius 1 is 1.25 bits per heavy atom. The summed E-state index contributed by atoms with van der Waals surface area (Å²) in [4.78, 5) is 12.1. The zero-order valence-electron chi connectivity index (χ0n) is 13.4. The van der Waals surface area contributed by atoms with Gasteiger partial charge in [0.25, 0.3) is 0 Å². The van der Waals surface area contributed by atoms with Gasteiger partial charge in [0.15, 0.2) is 0 Å². The molecule has 0 unspecified atom stereocenters. The number of amides is 1. The third-order valence-corrected chi connectivity index (χ3v) is 4.32. The molecular formula is C19H21ClN2O2. The number of hydrogen-bond donors (Lipinski definition) is 2. The topological polar surface area (TPSA) is 50.4 Å². The van der Waals surface area contributed by atoms with Crippen molar-refractivity contribution in [1.29, 1.82) is 0 Å². The molecule has 1 aliphatic heterocycles. The van der Waals surface area contributed by atoms with Gasteiger partial charge in [-0.05, 0) is 43.1 Å². The minimum Gasteiger partial charge on any atom is -0.489 e. The zero-order chi connectivity index (χ0) is 16.8. The van der Waals surface area contributed by atoms with E-state index in [1.54, 1.807) is 0 Å². The molecule has 24 heavy (non-hydrogen) atoms. The van der Waals surface area contributed by atoms with E-state index in [1.807, 2.05) is 48.5 Å². The van der Waals surface area contributed by atoms with E-state index in [1.165, 1.54) is 0 Å². The Labute approximate surface area is 147 Å². The van der Waals surface area contributed by atoms with E-state index < -0.39 is 0 Å². The van der Waals surface area contributed by atoms with E-state index in [-0.39, 0.29) is 11.9 Å². The SMILES string of the molecule is O=C(NCc1ccccc1OCc1cccc(Cl)c1)[C@@H]1CCCN1. The molecule has 2 N–H and O–H groups in total. The van der Waals surface area contributed by atoms with Gasteiger partial charge in [-0.2, -0.15) is 0 Å². The van der Waals surface area contributed by atoms with Gasteiger partial charge < -0.3 is 15.4 Å². The van der Waals surface area contributed by atoms with Gasteiger partial charge in [-0.15, -0.1) is 0 Å². The zero-order valence-corrected chi connectivity index (χ0v) is 14.2. The van der Waals surface area contributed by atoms with E-state index in [4.69, 9.17) is 16.3 Å². The van der Waals surface area contributed by atoms with Crippen LogP contribution >= 0.6 is 11.6 Å². The van der Waals surface area contributed by atoms with Crippen LogP contribution in [-0.4, -0.2) is 18.5 Å². The van der Waals surface area contributed by atoms with Crippen molar-refractivity contribution in [3.05, 3.63) is 64.7 Å². The lowest BCUT2D eigenvalue weighted by molar-refractivity contribution is -0.122. The highest BCUT2D eigenvalue weighted by atomic mass is 35.5. The predicted molar refractivity (Wildman–Crippen MR) is 95.1 cm³/mol. The van der Waals surface area contributed by atoms with Crippen LogP contribution in [0.25, 0.3) is 0 Å². The van der Waals surface area contributed by atoms with Crippen molar-refractivity contribution in [2.24, 2.45) is 0 Å². The van der Waals surface area contributed by atoms with Crippen molar-refractivity contribution in [3.8, 4) is 5.75 Å². The number of nitrogens with one attached hydrogen (secondary N) is 2. The average molecular weight is 345 g/mol. The van der Waals surface area contributed by atoms with Crippen molar-refractivity contribution in [3.63, 3.8) is 0 Å². The third kappa shape index (κ3) is 4.49. The van der Waals surface area contributed by atoms with Crippen LogP contribution in [0.2, 0.25) is 5.02 Å². The van der Waals surface area contributed by atoms with Gasteiger partial charge in [-0.3, -0.25) is 4.79 Å². The number of ether oxygens (including phenoxy) is 1. The normalized spacial score (nSPS) is 16.8. The number of rotatable bonds is 6. The lowest BCUT2D eigenvalue weighted by Crippen LogP contribution is -2.40. The molecule has 5 heteroatoms. The highest BCUT2D eigenvalue weighted by Crippen LogP contribution is 2.20. The first-order valence-corrected chi connectivity index (χ1v) is 8.56. The van der Waals surface area contributed by atoms with Crippen molar-refractivity contribution >= 4 is 17.5 Å². The highest BCUT2D eigenvalue weighted by molar-refractivity contribution is 6.30. The molecule has 2 aromatic rings. The number of carbonyl (C=O) groups excluding carboxylic acids is 1. The van der Waals surface area contributed by atoms with Gasteiger partial charge >= 0.3 is 0 Å². The van der Waals surface area contributed by atoms with Gasteiger partial charge in [-0.25, -0.2) is 0 Å². The molecule has 0 aliphatic carbocycles. The molecule has 4 nitrogen and oxygen atoms in total. The predicted octanol–water partition coefficient (Wildman–Crippen LogP) is 3.29. The van der Waals surface area contributed by atoms with Crippen molar-refractivity contribution in [1.82, 2.24) is 10.6 Å². The summed E-state index contributed by atoms with van der Waals surface area (Å²) in [5.41, 5.74) is 1.97. The van der Waals surface area contributed by atoms with Crippen LogP contribution in [0.15, 0.2) is 48.5 Å². The fraction of sp³-hybridized carbons (Fsp3) is 0.316. The minimum atomic E-state index is -0.0652. The fourth-order valence-electron chi connectivity index (χ4n) is 2.79. The van der Waals surface area contributed by atoms with E-state index in [9.17, 15) is 4.79 Å². The number of halogens is 1. The monoisotopic (exact) mass is 344 g/mol. The second kappa shape index (κ2) is 8.18. The second-order valence-electron chi connectivity index (χ2n) is 5.89. The first-order valence-electron chi connectivity index (χ1n) is 8.18. The Bertz CT molecular complexity index is 699. The molecule has 2 aromatic carbocycles. The van der Waals surface area contributed by atoms with Crippen LogP contribution in [0, 0.1) is 0 Å². The maximum atomic E-state index is 12.1. The van der Waals surface area contributed by atoms with E-state index in [2.05, 4.69) is 10.6 Å². The van der Waals surface area contributed by atoms with E-state index >= 15 is 0 Å². The fourth-order valence-corrected chi connectivity index (χ4v) is 3.01. The molecule has 126 valence electrons. The summed E-state index contributed by atoms with van der Waals surface area (Å²) in [5.74, 6) is 0.828. The number of carbonyl (C=O) groups is 1. The van der Waals surface area contributed by atoms with E-state index in [0.29, 0.717) is 18.2 Å². The van der Waals surface area contributed by atoms with Gasteiger partial charge in [-0.1, -0.05) is 41.9 Å². The van der Waals surface area contributed by atoms with Crippen LogP contribution in [0.4, 0.5) is 0 Å². The summed E-state index contributed by atoms with van der Waals surface area (Å²) in [5, 5.41) is 6.88. The molecule has 0 saturated carbocycles. The lowest BCUT2D eigenvalue weighted by atomic mass is 10.1. The molecule has 3 rings (SSSR count). The highest BCUT2D eigenvalue weighted by Gasteiger charge is 2.21. The summed E-state index contributed by atoms with van der Waals surface area (Å²) in [6.45, 7) is 1.82. The first-order chi connectivity index (χ1) is 11.7. The van der Waals surface area contributed by atoms with Crippen molar-refractivity contribution in [2.45, 2.75) is 32.0 Å². The largest absolute Gasteiger partial charge is 0.489 e. The molecule has 1 atom stereocenters. The van der Waals surface area contributed by atoms with Crippen LogP contribution in [-0.2, 0) is 17.9 Å². The summed E-state index contributed by atoms with van der Waals surface area (Å²) in [6.07, 6.45) is 1.95. The molecule has 1 aliphatic rings. The summed E-state index contributed by atoms with van der Waals surface area (Å²) in [7, 11) is 0. The summed E-state index contributed by atoms with van der Waals surface area (Å²) in [6, 6.07) is 15.3. The number of para-hydroxylation sites is 1. The lowest BCUT2D eigenvalue weighted by Gasteiger charge is -2.14. The van der Waals surface area contributed by atoms with E-state index in [0.717, 1.165) is 36.3 Å². The average Bonchev–Trinajstić information content (AvgIpc) is 3.13. The van der Waals surface area contributed by atoms with Crippen LogP contribution in [0.5, 0.6) is 5.75 Å². The van der Waals surface area contributed by atoms with Crippen LogP contribution in [0.1, 0.15) is 24.0 Å². The third-order valence-electron chi connectivity index (χ3n) is 4.09. The number of hydrogen-bond acceptors (Lipinski definition) is 3. The van der Waals surface area contributed by atoms with Crippen LogP contribution in [0.3, 0.4) is 0 Å². The van der Waals surface area contributed by atoms with Gasteiger partial charge in [0, 0.05) is 17.1 Å². The minimum absolute atomic E-state index is 0.0529. The van der Waals surface area contributed by atoms with Crippen molar-refractivity contribution in [2.75, 3.05) is 6.54 Å². The molecule has 0 bridgehead atoms. The first kappa shape index (κ1) is 16.8. The Morgan fingerprint density at radius 2 is 2.12 bits per heavy atom. The van der Waals surface area contributed by atoms with Gasteiger partial charge in [0.2, 0.25) is 5.91 Å². The molecule has 0 spiro atoms. The number of benzene rings is 2. The molecule has 1 saturated heterocycles. The van der Waals surface area contributed by atoms with Gasteiger partial charge in [0.1, 0.15) is 12.4 Å². The molecule has 1 fully saturated rings. The quantitative estimate of drug-likeness (QED) is 0.845. The Kier molecular flexibility index (Phi) is 5.72. The Balaban J connectivity index is 1.59. The smallest absolute Gasteiger partial charge is 0.237 e. The molecule has 0 radical (unpaired) electrons. The standard InChI is InChI=1S/C19H21ClN2O2/c20-16-7-3-5-14(11-16)13-24-18-9-2-1-6-15(18)12-22-19(23)17-8-4-10-21-17/h1-3,5-7,9,11,17,21H,4,8,10,12-13H2,(H,22,23)/t17-/m0/s1. The summed E-state index contributed by atoms with van der Waals surface area (Å²) >= 11 is 6.00. The van der Waals surface area contributed by atoms with Gasteiger partial charge in [0.05, 0.1) is 6.04 Å². The maximum absolute atomic E-state index is 12.1. The second-order valence-corrected chi connectivity index (χ2v) is 6.33.